The minimum Gasteiger partial charge on any atom is -0.348 e. The molecule has 1 heterocycles. The van der Waals surface area contributed by atoms with E-state index in [4.69, 9.17) is 0 Å². The summed E-state index contributed by atoms with van der Waals surface area (Å²) < 4.78 is 23.1. The van der Waals surface area contributed by atoms with Gasteiger partial charge < -0.3 is 10.6 Å². The van der Waals surface area contributed by atoms with Crippen molar-refractivity contribution >= 4 is 21.4 Å². The molecule has 1 aromatic carbocycles. The van der Waals surface area contributed by atoms with E-state index in [2.05, 4.69) is 10.6 Å². The molecule has 1 aliphatic rings. The van der Waals surface area contributed by atoms with Crippen LogP contribution in [0.5, 0.6) is 0 Å². The van der Waals surface area contributed by atoms with Crippen molar-refractivity contribution in [1.82, 2.24) is 10.6 Å². The number of hydrogen-bond acceptors (Lipinski definition) is 6. The number of carbonyl (C=O) groups excluding carboxylic acids is 1. The number of nitrogens with zero attached hydrogens (tertiary/aromatic N) is 1. The summed E-state index contributed by atoms with van der Waals surface area (Å²) in [6.07, 6.45) is 1.70. The first-order valence-electron chi connectivity index (χ1n) is 6.28. The summed E-state index contributed by atoms with van der Waals surface area (Å²) in [5.74, 6) is -0.516. The lowest BCUT2D eigenvalue weighted by atomic mass is 10.1. The van der Waals surface area contributed by atoms with Gasteiger partial charge in [0.25, 0.3) is 11.6 Å². The Morgan fingerprint density at radius 3 is 2.67 bits per heavy atom. The third-order valence-electron chi connectivity index (χ3n) is 3.19. The second kappa shape index (κ2) is 5.78. The topological polar surface area (TPSA) is 118 Å². The van der Waals surface area contributed by atoms with E-state index in [1.54, 1.807) is 0 Å². The van der Waals surface area contributed by atoms with Crippen LogP contribution in [0.1, 0.15) is 16.8 Å². The summed E-state index contributed by atoms with van der Waals surface area (Å²) in [6.45, 7) is 1.41. The summed E-state index contributed by atoms with van der Waals surface area (Å²) >= 11 is 0. The van der Waals surface area contributed by atoms with Crippen LogP contribution in [0.3, 0.4) is 0 Å². The number of nitrogens with one attached hydrogen (secondary N) is 2. The van der Waals surface area contributed by atoms with Crippen molar-refractivity contribution < 1.29 is 18.1 Å². The average molecular weight is 313 g/mol. The lowest BCUT2D eigenvalue weighted by Gasteiger charge is -2.11. The van der Waals surface area contributed by atoms with Gasteiger partial charge in [0.1, 0.15) is 0 Å². The Kier molecular flexibility index (Phi) is 4.24. The Hall–Kier alpha value is -2.00. The van der Waals surface area contributed by atoms with Crippen LogP contribution in [0.25, 0.3) is 0 Å². The first-order valence-corrected chi connectivity index (χ1v) is 8.17. The minimum atomic E-state index is -3.64. The van der Waals surface area contributed by atoms with Gasteiger partial charge in [-0.3, -0.25) is 14.9 Å². The van der Waals surface area contributed by atoms with E-state index in [0.717, 1.165) is 37.4 Å². The molecule has 8 nitrogen and oxygen atoms in total. The van der Waals surface area contributed by atoms with Crippen LogP contribution in [0, 0.1) is 10.1 Å². The fraction of sp³-hybridized carbons (Fsp3) is 0.417. The molecule has 2 N–H and O–H groups in total. The molecule has 0 saturated carbocycles. The highest BCUT2D eigenvalue weighted by molar-refractivity contribution is 7.90. The highest BCUT2D eigenvalue weighted by atomic mass is 32.2. The molecular formula is C12H15N3O5S. The predicted octanol–water partition coefficient (Wildman–Crippen LogP) is 0.0900. The molecule has 1 saturated heterocycles. The number of nitro benzene ring substituents is 1. The molecule has 0 aromatic heterocycles. The van der Waals surface area contributed by atoms with Crippen molar-refractivity contribution in [3.8, 4) is 0 Å². The van der Waals surface area contributed by atoms with Crippen molar-refractivity contribution in [2.45, 2.75) is 17.4 Å². The smallest absolute Gasteiger partial charge is 0.271 e. The molecule has 1 aromatic rings. The lowest BCUT2D eigenvalue weighted by molar-refractivity contribution is -0.385. The SMILES string of the molecule is CS(=O)(=O)c1cc(C(=O)NC2CCNC2)cc([N+](=O)[O-])c1. The standard InChI is InChI=1S/C12H15N3O5S/c1-21(19,20)11-5-8(4-10(6-11)15(17)18)12(16)14-9-2-3-13-7-9/h4-6,9,13H,2-3,7H2,1H3,(H,14,16). The summed E-state index contributed by atoms with van der Waals surface area (Å²) in [5.41, 5.74) is -0.454. The van der Waals surface area contributed by atoms with Gasteiger partial charge in [0, 0.05) is 36.5 Å². The quantitative estimate of drug-likeness (QED) is 0.600. The zero-order valence-corrected chi connectivity index (χ0v) is 12.1. The number of sulfone groups is 1. The lowest BCUT2D eigenvalue weighted by Crippen LogP contribution is -2.36. The van der Waals surface area contributed by atoms with E-state index < -0.39 is 26.4 Å². The van der Waals surface area contributed by atoms with Gasteiger partial charge in [-0.25, -0.2) is 8.42 Å². The Morgan fingerprint density at radius 2 is 2.14 bits per heavy atom. The number of nitro groups is 1. The second-order valence-corrected chi connectivity index (χ2v) is 6.92. The third-order valence-corrected chi connectivity index (χ3v) is 4.28. The maximum absolute atomic E-state index is 12.1. The highest BCUT2D eigenvalue weighted by Gasteiger charge is 2.22. The highest BCUT2D eigenvalue weighted by Crippen LogP contribution is 2.21. The normalized spacial score (nSPS) is 18.4. The maximum atomic E-state index is 12.1. The van der Waals surface area contributed by atoms with Crippen LogP contribution in [0.4, 0.5) is 5.69 Å². The van der Waals surface area contributed by atoms with Crippen LogP contribution in [-0.4, -0.2) is 44.6 Å². The van der Waals surface area contributed by atoms with Gasteiger partial charge >= 0.3 is 0 Å². The Balaban J connectivity index is 2.35. The Labute approximate surface area is 121 Å². The van der Waals surface area contributed by atoms with Crippen LogP contribution in [0.15, 0.2) is 23.1 Å². The summed E-state index contributed by atoms with van der Waals surface area (Å²) in [5, 5.41) is 16.7. The van der Waals surface area contributed by atoms with E-state index in [-0.39, 0.29) is 16.5 Å². The van der Waals surface area contributed by atoms with Crippen LogP contribution < -0.4 is 10.6 Å². The number of rotatable bonds is 4. The van der Waals surface area contributed by atoms with Crippen molar-refractivity contribution in [1.29, 1.82) is 0 Å². The molecule has 1 unspecified atom stereocenters. The van der Waals surface area contributed by atoms with E-state index in [0.29, 0.717) is 6.54 Å². The first-order chi connectivity index (χ1) is 9.77. The van der Waals surface area contributed by atoms with Crippen molar-refractivity contribution in [2.75, 3.05) is 19.3 Å². The number of non-ortho nitro benzene ring substituents is 1. The first kappa shape index (κ1) is 15.4. The number of amides is 1. The van der Waals surface area contributed by atoms with Crippen LogP contribution >= 0.6 is 0 Å². The molecule has 2 rings (SSSR count). The molecule has 0 spiro atoms. The summed E-state index contributed by atoms with van der Waals surface area (Å²) in [4.78, 5) is 22.0. The van der Waals surface area contributed by atoms with Gasteiger partial charge in [-0.05, 0) is 19.0 Å². The van der Waals surface area contributed by atoms with Gasteiger partial charge in [0.05, 0.1) is 9.82 Å². The van der Waals surface area contributed by atoms with Crippen LogP contribution in [-0.2, 0) is 9.84 Å². The van der Waals surface area contributed by atoms with Gasteiger partial charge in [-0.1, -0.05) is 0 Å². The third kappa shape index (κ3) is 3.76. The monoisotopic (exact) mass is 313 g/mol. The molecule has 114 valence electrons. The number of benzene rings is 1. The molecule has 1 atom stereocenters. The molecule has 21 heavy (non-hydrogen) atoms. The van der Waals surface area contributed by atoms with Crippen molar-refractivity contribution in [2.24, 2.45) is 0 Å². The van der Waals surface area contributed by atoms with E-state index in [1.807, 2.05) is 0 Å². The van der Waals surface area contributed by atoms with E-state index >= 15 is 0 Å². The minimum absolute atomic E-state index is 0.0310. The van der Waals surface area contributed by atoms with Crippen molar-refractivity contribution in [3.63, 3.8) is 0 Å². The molecule has 0 aliphatic carbocycles. The van der Waals surface area contributed by atoms with E-state index in [9.17, 15) is 23.3 Å². The summed E-state index contributed by atoms with van der Waals surface area (Å²) in [7, 11) is -3.64. The largest absolute Gasteiger partial charge is 0.348 e. The number of carbonyl (C=O) groups is 1. The molecule has 0 bridgehead atoms. The summed E-state index contributed by atoms with van der Waals surface area (Å²) in [6, 6.07) is 3.12. The van der Waals surface area contributed by atoms with Gasteiger partial charge in [0.2, 0.25) is 0 Å². The second-order valence-electron chi connectivity index (χ2n) is 4.91. The zero-order chi connectivity index (χ0) is 15.6. The van der Waals surface area contributed by atoms with Gasteiger partial charge in [0.15, 0.2) is 9.84 Å². The Morgan fingerprint density at radius 1 is 1.43 bits per heavy atom. The Bertz CT molecular complexity index is 680. The predicted molar refractivity (Wildman–Crippen MR) is 74.9 cm³/mol. The fourth-order valence-electron chi connectivity index (χ4n) is 2.08. The number of hydrogen-bond donors (Lipinski definition) is 2. The maximum Gasteiger partial charge on any atom is 0.271 e. The van der Waals surface area contributed by atoms with Gasteiger partial charge in [-0.2, -0.15) is 0 Å². The van der Waals surface area contributed by atoms with Crippen LogP contribution in [0.2, 0.25) is 0 Å². The molecule has 1 amide bonds. The van der Waals surface area contributed by atoms with Crippen molar-refractivity contribution in [3.05, 3.63) is 33.9 Å². The molecule has 1 aliphatic heterocycles. The van der Waals surface area contributed by atoms with Gasteiger partial charge in [-0.15, -0.1) is 0 Å². The molecule has 0 radical (unpaired) electrons. The fourth-order valence-corrected chi connectivity index (χ4v) is 2.76. The molecule has 1 fully saturated rings. The zero-order valence-electron chi connectivity index (χ0n) is 11.3. The molecule has 9 heteroatoms. The average Bonchev–Trinajstić information content (AvgIpc) is 2.90. The van der Waals surface area contributed by atoms with E-state index in [1.165, 1.54) is 0 Å². The molecular weight excluding hydrogens is 298 g/mol.